The molecule has 1 amide bonds. The van der Waals surface area contributed by atoms with Gasteiger partial charge in [0.1, 0.15) is 0 Å². The number of nitrogens with one attached hydrogen (secondary N) is 3. The van der Waals surface area contributed by atoms with Crippen LogP contribution in [0.1, 0.15) is 37.7 Å². The number of hydrogen-bond donors (Lipinski definition) is 3. The van der Waals surface area contributed by atoms with Crippen LogP contribution < -0.4 is 16.0 Å². The number of anilines is 1. The Morgan fingerprint density at radius 3 is 2.67 bits per heavy atom. The van der Waals surface area contributed by atoms with Crippen LogP contribution in [0.4, 0.5) is 5.69 Å². The minimum absolute atomic E-state index is 0.0989. The number of hydrogen-bond acceptors (Lipinski definition) is 4. The zero-order valence-corrected chi connectivity index (χ0v) is 16.5. The summed E-state index contributed by atoms with van der Waals surface area (Å²) in [5.74, 6) is 1.20. The predicted molar refractivity (Wildman–Crippen MR) is 107 cm³/mol. The largest absolute Gasteiger partial charge is 0.353 e. The number of amides is 1. The van der Waals surface area contributed by atoms with Gasteiger partial charge in [0.2, 0.25) is 5.91 Å². The highest BCUT2D eigenvalue weighted by atomic mass is 32.2. The first-order valence-electron chi connectivity index (χ1n) is 9.52. The first-order chi connectivity index (χ1) is 12.9. The van der Waals surface area contributed by atoms with Gasteiger partial charge < -0.3 is 16.0 Å². The molecule has 7 nitrogen and oxygen atoms in total. The molecule has 27 heavy (non-hydrogen) atoms. The quantitative estimate of drug-likeness (QED) is 0.523. The molecule has 3 N–H and O–H groups in total. The van der Waals surface area contributed by atoms with Gasteiger partial charge in [-0.15, -0.1) is 0 Å². The van der Waals surface area contributed by atoms with Crippen molar-refractivity contribution in [2.75, 3.05) is 23.9 Å². The lowest BCUT2D eigenvalue weighted by Gasteiger charge is -2.16. The van der Waals surface area contributed by atoms with E-state index in [0.717, 1.165) is 36.9 Å². The molecule has 3 rings (SSSR count). The van der Waals surface area contributed by atoms with Gasteiger partial charge in [-0.25, -0.2) is 8.42 Å². The Morgan fingerprint density at radius 1 is 1.22 bits per heavy atom. The number of nitrogens with zero attached hydrogens (tertiary/aromatic N) is 1. The zero-order valence-electron chi connectivity index (χ0n) is 15.7. The maximum absolute atomic E-state index is 12.3. The van der Waals surface area contributed by atoms with Crippen LogP contribution in [0.3, 0.4) is 0 Å². The summed E-state index contributed by atoms with van der Waals surface area (Å²) >= 11 is 0. The molecule has 1 saturated carbocycles. The molecule has 148 valence electrons. The molecule has 8 heteroatoms. The fourth-order valence-electron chi connectivity index (χ4n) is 3.67. The van der Waals surface area contributed by atoms with E-state index in [1.807, 2.05) is 24.3 Å². The van der Waals surface area contributed by atoms with Gasteiger partial charge in [0, 0.05) is 31.2 Å². The van der Waals surface area contributed by atoms with Crippen LogP contribution in [0.5, 0.6) is 0 Å². The van der Waals surface area contributed by atoms with Crippen LogP contribution in [0, 0.1) is 5.92 Å². The summed E-state index contributed by atoms with van der Waals surface area (Å²) in [6, 6.07) is 7.64. The van der Waals surface area contributed by atoms with Crippen LogP contribution in [0.2, 0.25) is 0 Å². The average Bonchev–Trinajstić information content (AvgIpc) is 3.28. The average molecular weight is 393 g/mol. The molecular weight excluding hydrogens is 364 g/mol. The Balaban J connectivity index is 1.52. The van der Waals surface area contributed by atoms with Gasteiger partial charge in [-0.05, 0) is 37.0 Å². The maximum atomic E-state index is 12.3. The standard InChI is InChI=1S/C19H28N4O3S/c1-20-19(23-17-9-10-27(25,26)13-17)21-12-14-5-4-8-16(11-14)22-18(24)15-6-2-3-7-15/h4-5,8,11,15,17H,2-3,6-7,9-10,12-13H2,1H3,(H,22,24)(H2,20,21,23). The van der Waals surface area contributed by atoms with E-state index in [-0.39, 0.29) is 29.4 Å². The molecule has 2 aliphatic rings. The smallest absolute Gasteiger partial charge is 0.227 e. The number of aliphatic imine (C=N–C) groups is 1. The van der Waals surface area contributed by atoms with E-state index in [2.05, 4.69) is 20.9 Å². The summed E-state index contributed by atoms with van der Waals surface area (Å²) in [7, 11) is -1.26. The van der Waals surface area contributed by atoms with Gasteiger partial charge in [-0.3, -0.25) is 9.79 Å². The van der Waals surface area contributed by atoms with E-state index in [9.17, 15) is 13.2 Å². The van der Waals surface area contributed by atoms with Gasteiger partial charge in [0.25, 0.3) is 0 Å². The van der Waals surface area contributed by atoms with E-state index in [1.54, 1.807) is 7.05 Å². The summed E-state index contributed by atoms with van der Waals surface area (Å²) in [6.45, 7) is 0.534. The van der Waals surface area contributed by atoms with Crippen molar-refractivity contribution in [1.82, 2.24) is 10.6 Å². The topological polar surface area (TPSA) is 99.7 Å². The Hall–Kier alpha value is -2.09. The summed E-state index contributed by atoms with van der Waals surface area (Å²) in [5, 5.41) is 9.39. The summed E-state index contributed by atoms with van der Waals surface area (Å²) < 4.78 is 23.2. The second-order valence-corrected chi connectivity index (χ2v) is 9.57. The minimum atomic E-state index is -2.93. The molecule has 2 fully saturated rings. The van der Waals surface area contributed by atoms with Gasteiger partial charge in [-0.1, -0.05) is 25.0 Å². The zero-order chi connectivity index (χ0) is 19.3. The van der Waals surface area contributed by atoms with E-state index in [4.69, 9.17) is 0 Å². The number of sulfone groups is 1. The molecule has 1 aromatic rings. The normalized spacial score (nSPS) is 22.6. The lowest BCUT2D eigenvalue weighted by atomic mass is 10.1. The first kappa shape index (κ1) is 19.7. The van der Waals surface area contributed by atoms with Gasteiger partial charge in [0.15, 0.2) is 15.8 Å². The molecule has 1 aliphatic carbocycles. The van der Waals surface area contributed by atoms with Crippen LogP contribution in [-0.4, -0.2) is 44.9 Å². The summed E-state index contributed by atoms with van der Waals surface area (Å²) in [5.41, 5.74) is 1.82. The van der Waals surface area contributed by atoms with Crippen molar-refractivity contribution in [3.05, 3.63) is 29.8 Å². The molecule has 1 saturated heterocycles. The SMILES string of the molecule is CN=C(NCc1cccc(NC(=O)C2CCCC2)c1)NC1CCS(=O)(=O)C1. The van der Waals surface area contributed by atoms with Gasteiger partial charge in [-0.2, -0.15) is 0 Å². The number of carbonyl (C=O) groups is 1. The molecule has 1 atom stereocenters. The molecule has 1 heterocycles. The number of rotatable bonds is 5. The number of carbonyl (C=O) groups excluding carboxylic acids is 1. The van der Waals surface area contributed by atoms with E-state index in [1.165, 1.54) is 0 Å². The molecular formula is C19H28N4O3S. The van der Waals surface area contributed by atoms with Crippen molar-refractivity contribution in [3.8, 4) is 0 Å². The fourth-order valence-corrected chi connectivity index (χ4v) is 5.35. The third-order valence-corrected chi connectivity index (χ3v) is 6.95. The van der Waals surface area contributed by atoms with E-state index >= 15 is 0 Å². The highest BCUT2D eigenvalue weighted by Gasteiger charge is 2.28. The highest BCUT2D eigenvalue weighted by molar-refractivity contribution is 7.91. The molecule has 0 radical (unpaired) electrons. The van der Waals surface area contributed by atoms with Crippen LogP contribution >= 0.6 is 0 Å². The second kappa shape index (κ2) is 8.73. The fraction of sp³-hybridized carbons (Fsp3) is 0.579. The Labute approximate surface area is 160 Å². The Morgan fingerprint density at radius 2 is 2.00 bits per heavy atom. The monoisotopic (exact) mass is 392 g/mol. The number of guanidine groups is 1. The molecule has 1 aromatic carbocycles. The first-order valence-corrected chi connectivity index (χ1v) is 11.3. The Bertz CT molecular complexity index is 801. The number of benzene rings is 1. The van der Waals surface area contributed by atoms with Crippen LogP contribution in [0.25, 0.3) is 0 Å². The van der Waals surface area contributed by atoms with Crippen molar-refractivity contribution in [3.63, 3.8) is 0 Å². The highest BCUT2D eigenvalue weighted by Crippen LogP contribution is 2.26. The Kier molecular flexibility index (Phi) is 6.36. The molecule has 1 aliphatic heterocycles. The van der Waals surface area contributed by atoms with Crippen molar-refractivity contribution >= 4 is 27.4 Å². The molecule has 0 bridgehead atoms. The third-order valence-electron chi connectivity index (χ3n) is 5.18. The van der Waals surface area contributed by atoms with Gasteiger partial charge >= 0.3 is 0 Å². The predicted octanol–water partition coefficient (Wildman–Crippen LogP) is 1.67. The summed E-state index contributed by atoms with van der Waals surface area (Å²) in [4.78, 5) is 16.4. The second-order valence-electron chi connectivity index (χ2n) is 7.34. The van der Waals surface area contributed by atoms with Crippen molar-refractivity contribution in [2.24, 2.45) is 10.9 Å². The van der Waals surface area contributed by atoms with Crippen molar-refractivity contribution < 1.29 is 13.2 Å². The molecule has 0 spiro atoms. The maximum Gasteiger partial charge on any atom is 0.227 e. The minimum Gasteiger partial charge on any atom is -0.353 e. The van der Waals surface area contributed by atoms with E-state index in [0.29, 0.717) is 18.9 Å². The lowest BCUT2D eigenvalue weighted by Crippen LogP contribution is -2.43. The van der Waals surface area contributed by atoms with Crippen LogP contribution in [-0.2, 0) is 21.2 Å². The third kappa shape index (κ3) is 5.69. The van der Waals surface area contributed by atoms with Crippen molar-refractivity contribution in [2.45, 2.75) is 44.7 Å². The summed E-state index contributed by atoms with van der Waals surface area (Å²) in [6.07, 6.45) is 4.83. The van der Waals surface area contributed by atoms with Crippen LogP contribution in [0.15, 0.2) is 29.3 Å². The van der Waals surface area contributed by atoms with Gasteiger partial charge in [0.05, 0.1) is 11.5 Å². The lowest BCUT2D eigenvalue weighted by molar-refractivity contribution is -0.119. The molecule has 0 aromatic heterocycles. The molecule has 1 unspecified atom stereocenters. The van der Waals surface area contributed by atoms with E-state index < -0.39 is 9.84 Å². The van der Waals surface area contributed by atoms with Crippen molar-refractivity contribution in [1.29, 1.82) is 0 Å².